The van der Waals surface area contributed by atoms with Crippen LogP contribution in [0, 0.1) is 0 Å². The first-order chi connectivity index (χ1) is 5.76. The van der Waals surface area contributed by atoms with Gasteiger partial charge in [-0.3, -0.25) is 5.73 Å². The number of amidine groups is 1. The number of nitrogens with two attached hydrogens (primary N) is 1. The number of thioether (sulfide) groups is 1. The third-order valence-electron chi connectivity index (χ3n) is 1.66. The molecule has 0 aromatic heterocycles. The maximum atomic E-state index is 5.92. The van der Waals surface area contributed by atoms with E-state index in [1.807, 2.05) is 6.26 Å². The largest absolute Gasteiger partial charge is 0.293 e. The molecule has 62 valence electrons. The van der Waals surface area contributed by atoms with Crippen molar-refractivity contribution in [2.45, 2.75) is 4.99 Å². The Bertz CT molecular complexity index is 329. The van der Waals surface area contributed by atoms with Crippen molar-refractivity contribution in [2.24, 2.45) is 25.7 Å². The van der Waals surface area contributed by atoms with Gasteiger partial charge >= 0.3 is 0 Å². The van der Waals surface area contributed by atoms with Crippen LogP contribution in [-0.4, -0.2) is 35.5 Å². The average Bonchev–Trinajstić information content (AvgIpc) is 2.54. The van der Waals surface area contributed by atoms with Gasteiger partial charge in [-0.1, -0.05) is 0 Å². The third kappa shape index (κ3) is 0.919. The highest BCUT2D eigenvalue weighted by atomic mass is 32.2. The van der Waals surface area contributed by atoms with Crippen LogP contribution >= 0.6 is 11.8 Å². The van der Waals surface area contributed by atoms with Gasteiger partial charge in [0.25, 0.3) is 0 Å². The van der Waals surface area contributed by atoms with E-state index in [2.05, 4.69) is 20.0 Å². The lowest BCUT2D eigenvalue weighted by Crippen LogP contribution is -2.47. The van der Waals surface area contributed by atoms with Crippen LogP contribution in [0.25, 0.3) is 0 Å². The Morgan fingerprint density at radius 1 is 1.42 bits per heavy atom. The maximum absolute atomic E-state index is 5.92. The number of fused-ring (bicyclic) bond motifs is 1. The molecule has 0 spiro atoms. The van der Waals surface area contributed by atoms with Crippen LogP contribution in [-0.2, 0) is 0 Å². The molecule has 0 fully saturated rings. The molecule has 6 heteroatoms. The molecule has 2 aliphatic heterocycles. The van der Waals surface area contributed by atoms with Crippen molar-refractivity contribution < 1.29 is 0 Å². The van der Waals surface area contributed by atoms with E-state index in [4.69, 9.17) is 5.73 Å². The normalized spacial score (nSPS) is 31.5. The Morgan fingerprint density at radius 3 is 3.00 bits per heavy atom. The molecule has 0 saturated heterocycles. The van der Waals surface area contributed by atoms with E-state index in [9.17, 15) is 0 Å². The molecule has 1 atom stereocenters. The summed E-state index contributed by atoms with van der Waals surface area (Å²) in [6.45, 7) is 0. The molecular formula is C6H7N5S. The predicted molar refractivity (Wildman–Crippen MR) is 52.3 cm³/mol. The highest BCUT2D eigenvalue weighted by Gasteiger charge is 2.36. The Labute approximate surface area is 73.6 Å². The van der Waals surface area contributed by atoms with Crippen LogP contribution < -0.4 is 5.73 Å². The summed E-state index contributed by atoms with van der Waals surface area (Å²) in [4.78, 5) is 15.1. The first kappa shape index (κ1) is 7.63. The van der Waals surface area contributed by atoms with Crippen LogP contribution in [0.4, 0.5) is 0 Å². The van der Waals surface area contributed by atoms with Crippen LogP contribution in [0.5, 0.6) is 0 Å². The van der Waals surface area contributed by atoms with Gasteiger partial charge in [-0.25, -0.2) is 20.0 Å². The molecule has 2 rings (SSSR count). The van der Waals surface area contributed by atoms with Crippen molar-refractivity contribution in [3.8, 4) is 0 Å². The Morgan fingerprint density at radius 2 is 2.25 bits per heavy atom. The molecule has 0 bridgehead atoms. The van der Waals surface area contributed by atoms with Crippen LogP contribution in [0.2, 0.25) is 0 Å². The Balaban J connectivity index is 2.45. The van der Waals surface area contributed by atoms with Gasteiger partial charge in [-0.15, -0.1) is 11.8 Å². The fraction of sp³-hybridized carbons (Fsp3) is 0.333. The van der Waals surface area contributed by atoms with Crippen molar-refractivity contribution in [3.63, 3.8) is 0 Å². The molecule has 2 heterocycles. The van der Waals surface area contributed by atoms with E-state index < -0.39 is 4.99 Å². The Hall–Kier alpha value is -1.01. The fourth-order valence-electron chi connectivity index (χ4n) is 0.987. The number of hydrogen-bond acceptors (Lipinski definition) is 6. The molecule has 2 N–H and O–H groups in total. The lowest BCUT2D eigenvalue weighted by atomic mass is 10.2. The second kappa shape index (κ2) is 2.49. The minimum absolute atomic E-state index is 0.571. The summed E-state index contributed by atoms with van der Waals surface area (Å²) >= 11 is 1.41. The van der Waals surface area contributed by atoms with Gasteiger partial charge in [0.05, 0.1) is 0 Å². The molecule has 0 radical (unpaired) electrons. The molecule has 0 aliphatic carbocycles. The monoisotopic (exact) mass is 181 g/mol. The zero-order chi connectivity index (χ0) is 8.60. The number of aliphatic imine (C=N–C) groups is 4. The van der Waals surface area contributed by atoms with E-state index in [1.54, 1.807) is 0 Å². The van der Waals surface area contributed by atoms with Crippen LogP contribution in [0.3, 0.4) is 0 Å². The fourth-order valence-corrected chi connectivity index (χ4v) is 1.48. The highest BCUT2D eigenvalue weighted by Crippen LogP contribution is 2.24. The first-order valence-corrected chi connectivity index (χ1v) is 4.55. The molecule has 12 heavy (non-hydrogen) atoms. The summed E-state index contributed by atoms with van der Waals surface area (Å²) in [5.41, 5.74) is 6.55. The molecule has 0 amide bonds. The third-order valence-corrected chi connectivity index (χ3v) is 2.58. The topological polar surface area (TPSA) is 75.5 Å². The lowest BCUT2D eigenvalue weighted by Gasteiger charge is -2.23. The van der Waals surface area contributed by atoms with Crippen LogP contribution in [0.15, 0.2) is 20.0 Å². The standard InChI is InChI=1S/C6H7N5S/c1-12-6(7)4-5(9-2-8-4)10-3-11-6/h2-3H,7H2,1H3. The first-order valence-electron chi connectivity index (χ1n) is 3.33. The van der Waals surface area contributed by atoms with E-state index in [-0.39, 0.29) is 0 Å². The van der Waals surface area contributed by atoms with E-state index in [0.29, 0.717) is 11.5 Å². The van der Waals surface area contributed by atoms with Crippen molar-refractivity contribution in [3.05, 3.63) is 0 Å². The van der Waals surface area contributed by atoms with Crippen LogP contribution in [0.1, 0.15) is 0 Å². The minimum Gasteiger partial charge on any atom is -0.293 e. The summed E-state index contributed by atoms with van der Waals surface area (Å²) in [5, 5.41) is 0. The smallest absolute Gasteiger partial charge is 0.203 e. The molecule has 0 aromatic rings. The van der Waals surface area contributed by atoms with E-state index >= 15 is 0 Å². The number of nitrogens with zero attached hydrogens (tertiary/aromatic N) is 4. The summed E-state index contributed by atoms with van der Waals surface area (Å²) < 4.78 is 0. The number of hydrogen-bond donors (Lipinski definition) is 1. The van der Waals surface area contributed by atoms with Crippen molar-refractivity contribution in [2.75, 3.05) is 6.26 Å². The van der Waals surface area contributed by atoms with E-state index in [1.165, 1.54) is 24.4 Å². The predicted octanol–water partition coefficient (Wildman–Crippen LogP) is -0.115. The molecule has 0 saturated carbocycles. The van der Waals surface area contributed by atoms with Gasteiger partial charge in [0.2, 0.25) is 4.99 Å². The van der Waals surface area contributed by atoms with Gasteiger partial charge in [-0.2, -0.15) is 0 Å². The molecule has 0 aromatic carbocycles. The molecule has 5 nitrogen and oxygen atoms in total. The summed E-state index contributed by atoms with van der Waals surface area (Å²) in [5.74, 6) is 0.571. The second-order valence-corrected chi connectivity index (χ2v) is 3.35. The summed E-state index contributed by atoms with van der Waals surface area (Å²) in [6, 6.07) is 0. The molecule has 1 unspecified atom stereocenters. The average molecular weight is 181 g/mol. The summed E-state index contributed by atoms with van der Waals surface area (Å²) in [6.07, 6.45) is 4.75. The maximum Gasteiger partial charge on any atom is 0.203 e. The number of rotatable bonds is 1. The van der Waals surface area contributed by atoms with Gasteiger partial charge in [0.1, 0.15) is 18.4 Å². The Kier molecular flexibility index (Phi) is 1.59. The highest BCUT2D eigenvalue weighted by molar-refractivity contribution is 8.00. The quantitative estimate of drug-likeness (QED) is 0.573. The van der Waals surface area contributed by atoms with Gasteiger partial charge in [0.15, 0.2) is 5.84 Å². The van der Waals surface area contributed by atoms with Gasteiger partial charge in [0, 0.05) is 0 Å². The van der Waals surface area contributed by atoms with Gasteiger partial charge < -0.3 is 0 Å². The van der Waals surface area contributed by atoms with Gasteiger partial charge in [-0.05, 0) is 6.26 Å². The zero-order valence-corrected chi connectivity index (χ0v) is 7.25. The molecular weight excluding hydrogens is 174 g/mol. The lowest BCUT2D eigenvalue weighted by molar-refractivity contribution is 0.859. The van der Waals surface area contributed by atoms with E-state index in [0.717, 1.165) is 0 Å². The van der Waals surface area contributed by atoms with Crippen molar-refractivity contribution in [1.82, 2.24) is 0 Å². The zero-order valence-electron chi connectivity index (χ0n) is 6.43. The van der Waals surface area contributed by atoms with Crippen molar-refractivity contribution >= 4 is 36.0 Å². The minimum atomic E-state index is -0.798. The van der Waals surface area contributed by atoms with Crippen molar-refractivity contribution in [1.29, 1.82) is 0 Å². The molecule has 2 aliphatic rings. The second-order valence-electron chi connectivity index (χ2n) is 2.32. The summed E-state index contributed by atoms with van der Waals surface area (Å²) in [7, 11) is 0. The SMILES string of the molecule is CSC1(N)N=CN=C2N=CN=C21.